The Morgan fingerprint density at radius 3 is 2.52 bits per heavy atom. The standard InChI is InChI=1S/C18H21N3O2/c1-23-16-10-9-15(13-19-16)20-17(14-7-3-2-4-8-14)18(22)21-11-5-6-12-21/h2-4,7-10,13,17,20H,5-6,11-12H2,1H3/t17-/m0/s1. The molecule has 5 heteroatoms. The Kier molecular flexibility index (Phi) is 4.76. The highest BCUT2D eigenvalue weighted by Gasteiger charge is 2.27. The molecule has 1 aliphatic rings. The van der Waals surface area contributed by atoms with Crippen molar-refractivity contribution in [2.75, 3.05) is 25.5 Å². The van der Waals surface area contributed by atoms with Crippen LogP contribution in [0.15, 0.2) is 48.7 Å². The average molecular weight is 311 g/mol. The van der Waals surface area contributed by atoms with E-state index in [1.54, 1.807) is 19.4 Å². The number of carbonyl (C=O) groups is 1. The second kappa shape index (κ2) is 7.13. The van der Waals surface area contributed by atoms with E-state index in [-0.39, 0.29) is 5.91 Å². The van der Waals surface area contributed by atoms with Gasteiger partial charge in [-0.25, -0.2) is 4.98 Å². The number of carbonyl (C=O) groups excluding carboxylic acids is 1. The summed E-state index contributed by atoms with van der Waals surface area (Å²) in [6, 6.07) is 13.1. The molecule has 2 aromatic rings. The summed E-state index contributed by atoms with van der Waals surface area (Å²) in [4.78, 5) is 19.0. The number of amides is 1. The number of hydrogen-bond acceptors (Lipinski definition) is 4. The molecule has 5 nitrogen and oxygen atoms in total. The highest BCUT2D eigenvalue weighted by molar-refractivity contribution is 5.86. The molecule has 1 atom stereocenters. The van der Waals surface area contributed by atoms with Crippen LogP contribution in [0.1, 0.15) is 24.4 Å². The van der Waals surface area contributed by atoms with Crippen LogP contribution >= 0.6 is 0 Å². The zero-order chi connectivity index (χ0) is 16.1. The number of nitrogens with one attached hydrogen (secondary N) is 1. The molecule has 1 aliphatic heterocycles. The lowest BCUT2D eigenvalue weighted by Crippen LogP contribution is -2.36. The van der Waals surface area contributed by atoms with Gasteiger partial charge in [-0.3, -0.25) is 4.79 Å². The third kappa shape index (κ3) is 3.62. The first-order chi connectivity index (χ1) is 11.3. The number of likely N-dealkylation sites (tertiary alicyclic amines) is 1. The van der Waals surface area contributed by atoms with Crippen molar-refractivity contribution in [2.45, 2.75) is 18.9 Å². The van der Waals surface area contributed by atoms with Crippen molar-refractivity contribution < 1.29 is 9.53 Å². The monoisotopic (exact) mass is 311 g/mol. The number of ether oxygens (including phenoxy) is 1. The van der Waals surface area contributed by atoms with Gasteiger partial charge in [0.1, 0.15) is 6.04 Å². The van der Waals surface area contributed by atoms with Gasteiger partial charge in [0.25, 0.3) is 0 Å². The van der Waals surface area contributed by atoms with Gasteiger partial charge in [-0.1, -0.05) is 30.3 Å². The molecule has 1 amide bonds. The van der Waals surface area contributed by atoms with Crippen LogP contribution in [0.4, 0.5) is 5.69 Å². The molecule has 0 aliphatic carbocycles. The molecule has 1 fully saturated rings. The predicted molar refractivity (Wildman–Crippen MR) is 89.4 cm³/mol. The van der Waals surface area contributed by atoms with E-state index in [9.17, 15) is 4.79 Å². The molecular weight excluding hydrogens is 290 g/mol. The molecule has 23 heavy (non-hydrogen) atoms. The van der Waals surface area contributed by atoms with E-state index in [1.165, 1.54) is 0 Å². The maximum atomic E-state index is 12.9. The molecule has 0 radical (unpaired) electrons. The second-order valence-corrected chi connectivity index (χ2v) is 5.61. The van der Waals surface area contributed by atoms with Crippen LogP contribution in [0.25, 0.3) is 0 Å². The minimum Gasteiger partial charge on any atom is -0.481 e. The number of benzene rings is 1. The summed E-state index contributed by atoms with van der Waals surface area (Å²) in [6.07, 6.45) is 3.85. The van der Waals surface area contributed by atoms with E-state index in [4.69, 9.17) is 4.74 Å². The van der Waals surface area contributed by atoms with Gasteiger partial charge in [-0.15, -0.1) is 0 Å². The van der Waals surface area contributed by atoms with E-state index < -0.39 is 6.04 Å². The zero-order valence-corrected chi connectivity index (χ0v) is 13.2. The topological polar surface area (TPSA) is 54.5 Å². The zero-order valence-electron chi connectivity index (χ0n) is 13.2. The third-order valence-corrected chi connectivity index (χ3v) is 4.05. The van der Waals surface area contributed by atoms with Crippen LogP contribution in [-0.2, 0) is 4.79 Å². The van der Waals surface area contributed by atoms with Crippen molar-refractivity contribution in [1.82, 2.24) is 9.88 Å². The largest absolute Gasteiger partial charge is 0.481 e. The van der Waals surface area contributed by atoms with Gasteiger partial charge < -0.3 is 15.0 Å². The van der Waals surface area contributed by atoms with Crippen molar-refractivity contribution in [3.63, 3.8) is 0 Å². The van der Waals surface area contributed by atoms with Gasteiger partial charge in [0.05, 0.1) is 19.0 Å². The highest BCUT2D eigenvalue weighted by atomic mass is 16.5. The number of rotatable bonds is 5. The number of nitrogens with zero attached hydrogens (tertiary/aromatic N) is 2. The van der Waals surface area contributed by atoms with Crippen LogP contribution in [0.3, 0.4) is 0 Å². The lowest BCUT2D eigenvalue weighted by molar-refractivity contribution is -0.131. The van der Waals surface area contributed by atoms with E-state index in [1.807, 2.05) is 41.3 Å². The fraction of sp³-hybridized carbons (Fsp3) is 0.333. The van der Waals surface area contributed by atoms with E-state index in [2.05, 4.69) is 10.3 Å². The Morgan fingerprint density at radius 1 is 1.17 bits per heavy atom. The van der Waals surface area contributed by atoms with Crippen molar-refractivity contribution in [2.24, 2.45) is 0 Å². The smallest absolute Gasteiger partial charge is 0.249 e. The van der Waals surface area contributed by atoms with Crippen molar-refractivity contribution in [1.29, 1.82) is 0 Å². The van der Waals surface area contributed by atoms with Gasteiger partial charge in [-0.2, -0.15) is 0 Å². The van der Waals surface area contributed by atoms with Gasteiger partial charge in [0.2, 0.25) is 11.8 Å². The fourth-order valence-corrected chi connectivity index (χ4v) is 2.81. The first-order valence-electron chi connectivity index (χ1n) is 7.88. The van der Waals surface area contributed by atoms with Crippen LogP contribution in [0.5, 0.6) is 5.88 Å². The summed E-state index contributed by atoms with van der Waals surface area (Å²) in [5.74, 6) is 0.669. The molecule has 0 unspecified atom stereocenters. The summed E-state index contributed by atoms with van der Waals surface area (Å²) in [5.41, 5.74) is 1.76. The highest BCUT2D eigenvalue weighted by Crippen LogP contribution is 2.24. The number of aromatic nitrogens is 1. The minimum atomic E-state index is -0.399. The molecular formula is C18H21N3O2. The van der Waals surface area contributed by atoms with Crippen LogP contribution in [0, 0.1) is 0 Å². The SMILES string of the molecule is COc1ccc(N[C@H](C(=O)N2CCCC2)c2ccccc2)cn1. The molecule has 1 aromatic heterocycles. The molecule has 120 valence electrons. The second-order valence-electron chi connectivity index (χ2n) is 5.61. The Labute approximate surface area is 136 Å². The molecule has 1 N–H and O–H groups in total. The molecule has 0 spiro atoms. The number of methoxy groups -OCH3 is 1. The molecule has 0 bridgehead atoms. The minimum absolute atomic E-state index is 0.115. The summed E-state index contributed by atoms with van der Waals surface area (Å²) < 4.78 is 5.07. The Morgan fingerprint density at radius 2 is 1.91 bits per heavy atom. The summed E-state index contributed by atoms with van der Waals surface area (Å²) >= 11 is 0. The lowest BCUT2D eigenvalue weighted by Gasteiger charge is -2.25. The van der Waals surface area contributed by atoms with Crippen molar-refractivity contribution in [3.8, 4) is 5.88 Å². The summed E-state index contributed by atoms with van der Waals surface area (Å²) in [7, 11) is 1.58. The number of pyridine rings is 1. The van der Waals surface area contributed by atoms with Crippen molar-refractivity contribution >= 4 is 11.6 Å². The summed E-state index contributed by atoms with van der Waals surface area (Å²) in [6.45, 7) is 1.68. The average Bonchev–Trinajstić information content (AvgIpc) is 3.15. The van der Waals surface area contributed by atoms with Gasteiger partial charge >= 0.3 is 0 Å². The lowest BCUT2D eigenvalue weighted by atomic mass is 10.1. The Bertz CT molecular complexity index is 637. The fourth-order valence-electron chi connectivity index (χ4n) is 2.81. The normalized spacial score (nSPS) is 15.3. The van der Waals surface area contributed by atoms with Crippen LogP contribution in [0.2, 0.25) is 0 Å². The molecule has 0 saturated carbocycles. The van der Waals surface area contributed by atoms with Crippen molar-refractivity contribution in [3.05, 3.63) is 54.2 Å². The quantitative estimate of drug-likeness (QED) is 0.922. The summed E-state index contributed by atoms with van der Waals surface area (Å²) in [5, 5.41) is 3.31. The molecule has 2 heterocycles. The molecule has 1 saturated heterocycles. The Hall–Kier alpha value is -2.56. The number of anilines is 1. The van der Waals surface area contributed by atoms with E-state index in [0.717, 1.165) is 37.2 Å². The van der Waals surface area contributed by atoms with Gasteiger partial charge in [-0.05, 0) is 24.5 Å². The molecule has 3 rings (SSSR count). The predicted octanol–water partition coefficient (Wildman–Crippen LogP) is 2.87. The maximum Gasteiger partial charge on any atom is 0.249 e. The first kappa shape index (κ1) is 15.3. The maximum absolute atomic E-state index is 12.9. The van der Waals surface area contributed by atoms with E-state index >= 15 is 0 Å². The first-order valence-corrected chi connectivity index (χ1v) is 7.88. The van der Waals surface area contributed by atoms with Gasteiger partial charge in [0.15, 0.2) is 0 Å². The van der Waals surface area contributed by atoms with Gasteiger partial charge in [0, 0.05) is 19.2 Å². The third-order valence-electron chi connectivity index (χ3n) is 4.05. The van der Waals surface area contributed by atoms with Crippen LogP contribution in [-0.4, -0.2) is 36.0 Å². The molecule has 1 aromatic carbocycles. The number of hydrogen-bond donors (Lipinski definition) is 1. The Balaban J connectivity index is 1.83. The van der Waals surface area contributed by atoms with E-state index in [0.29, 0.717) is 5.88 Å². The van der Waals surface area contributed by atoms with Crippen LogP contribution < -0.4 is 10.1 Å².